The quantitative estimate of drug-likeness (QED) is 0.900. The molecule has 0 radical (unpaired) electrons. The van der Waals surface area contributed by atoms with E-state index in [4.69, 9.17) is 0 Å². The lowest BCUT2D eigenvalue weighted by Gasteiger charge is -2.09. The van der Waals surface area contributed by atoms with Crippen molar-refractivity contribution in [3.05, 3.63) is 59.9 Å². The summed E-state index contributed by atoms with van der Waals surface area (Å²) in [6.45, 7) is 0.462. The van der Waals surface area contributed by atoms with E-state index < -0.39 is 11.7 Å². The molecule has 0 aliphatic heterocycles. The first kappa shape index (κ1) is 12.4. The summed E-state index contributed by atoms with van der Waals surface area (Å²) < 4.78 is 37.0. The summed E-state index contributed by atoms with van der Waals surface area (Å²) in [5, 5.41) is 3.08. The lowest BCUT2D eigenvalue weighted by atomic mass is 10.1. The molecule has 0 spiro atoms. The molecule has 2 nitrogen and oxygen atoms in total. The third-order valence-electron chi connectivity index (χ3n) is 2.44. The summed E-state index contributed by atoms with van der Waals surface area (Å²) in [6.07, 6.45) is -0.970. The van der Waals surface area contributed by atoms with Gasteiger partial charge in [0.05, 0.1) is 11.3 Å². The van der Waals surface area contributed by atoms with Crippen LogP contribution in [0.1, 0.15) is 11.1 Å². The molecule has 0 amide bonds. The molecule has 2 rings (SSSR count). The van der Waals surface area contributed by atoms with Gasteiger partial charge < -0.3 is 5.32 Å². The largest absolute Gasteiger partial charge is 0.416 e. The molecule has 0 aliphatic carbocycles. The Labute approximate surface area is 102 Å². The minimum atomic E-state index is -4.28. The number of benzene rings is 1. The molecule has 0 atom stereocenters. The normalized spacial score (nSPS) is 11.3. The first-order valence-electron chi connectivity index (χ1n) is 5.36. The Bertz CT molecular complexity index is 492. The number of hydrogen-bond donors (Lipinski definition) is 1. The average molecular weight is 252 g/mol. The van der Waals surface area contributed by atoms with Crippen molar-refractivity contribution in [3.8, 4) is 0 Å². The number of anilines is 1. The van der Waals surface area contributed by atoms with Crippen molar-refractivity contribution in [1.82, 2.24) is 4.98 Å². The number of halogens is 3. The van der Waals surface area contributed by atoms with Crippen LogP contribution in [0.15, 0.2) is 48.8 Å². The monoisotopic (exact) mass is 252 g/mol. The SMILES string of the molecule is FC(F)(F)c1ccc(CNc2cccnc2)cc1. The highest BCUT2D eigenvalue weighted by Gasteiger charge is 2.29. The second-order valence-corrected chi connectivity index (χ2v) is 3.79. The van der Waals surface area contributed by atoms with E-state index >= 15 is 0 Å². The number of pyridine rings is 1. The molecule has 0 fully saturated rings. The molecule has 0 saturated heterocycles. The Morgan fingerprint density at radius 2 is 1.78 bits per heavy atom. The van der Waals surface area contributed by atoms with E-state index in [2.05, 4.69) is 10.3 Å². The topological polar surface area (TPSA) is 24.9 Å². The number of hydrogen-bond acceptors (Lipinski definition) is 2. The Balaban J connectivity index is 1.99. The van der Waals surface area contributed by atoms with E-state index in [1.54, 1.807) is 18.5 Å². The van der Waals surface area contributed by atoms with Crippen molar-refractivity contribution < 1.29 is 13.2 Å². The van der Waals surface area contributed by atoms with Crippen LogP contribution in [0, 0.1) is 0 Å². The lowest BCUT2D eigenvalue weighted by molar-refractivity contribution is -0.137. The lowest BCUT2D eigenvalue weighted by Crippen LogP contribution is -2.05. The predicted octanol–water partition coefficient (Wildman–Crippen LogP) is 3.71. The van der Waals surface area contributed by atoms with E-state index in [-0.39, 0.29) is 0 Å². The molecule has 1 aromatic carbocycles. The zero-order valence-electron chi connectivity index (χ0n) is 9.41. The Hall–Kier alpha value is -2.04. The first-order valence-corrected chi connectivity index (χ1v) is 5.36. The fraction of sp³-hybridized carbons (Fsp3) is 0.154. The third-order valence-corrected chi connectivity index (χ3v) is 2.44. The van der Waals surface area contributed by atoms with Crippen LogP contribution < -0.4 is 5.32 Å². The molecule has 1 N–H and O–H groups in total. The summed E-state index contributed by atoms with van der Waals surface area (Å²) in [7, 11) is 0. The number of aromatic nitrogens is 1. The smallest absolute Gasteiger partial charge is 0.380 e. The van der Waals surface area contributed by atoms with Crippen LogP contribution in [0.2, 0.25) is 0 Å². The maximum atomic E-state index is 12.3. The van der Waals surface area contributed by atoms with Gasteiger partial charge in [-0.1, -0.05) is 12.1 Å². The van der Waals surface area contributed by atoms with E-state index in [1.165, 1.54) is 12.1 Å². The summed E-state index contributed by atoms with van der Waals surface area (Å²) in [6, 6.07) is 8.73. The minimum Gasteiger partial charge on any atom is -0.380 e. The standard InChI is InChI=1S/C13H11F3N2/c14-13(15,16)11-5-3-10(4-6-11)8-18-12-2-1-7-17-9-12/h1-7,9,18H,8H2. The first-order chi connectivity index (χ1) is 8.55. The fourth-order valence-electron chi connectivity index (χ4n) is 1.48. The molecule has 94 valence electrons. The number of alkyl halides is 3. The minimum absolute atomic E-state index is 0.462. The second kappa shape index (κ2) is 5.08. The fourth-order valence-corrected chi connectivity index (χ4v) is 1.48. The van der Waals surface area contributed by atoms with E-state index in [1.807, 2.05) is 6.07 Å². The van der Waals surface area contributed by atoms with Crippen molar-refractivity contribution >= 4 is 5.69 Å². The maximum Gasteiger partial charge on any atom is 0.416 e. The van der Waals surface area contributed by atoms with Crippen LogP contribution in [-0.4, -0.2) is 4.98 Å². The molecule has 5 heteroatoms. The Morgan fingerprint density at radius 3 is 2.33 bits per heavy atom. The highest BCUT2D eigenvalue weighted by molar-refractivity contribution is 5.40. The zero-order valence-corrected chi connectivity index (χ0v) is 9.41. The van der Waals surface area contributed by atoms with Crippen molar-refractivity contribution in [2.24, 2.45) is 0 Å². The van der Waals surface area contributed by atoms with Gasteiger partial charge in [-0.2, -0.15) is 13.2 Å². The molecule has 18 heavy (non-hydrogen) atoms. The molecular weight excluding hydrogens is 241 g/mol. The van der Waals surface area contributed by atoms with E-state index in [9.17, 15) is 13.2 Å². The van der Waals surface area contributed by atoms with E-state index in [0.717, 1.165) is 23.4 Å². The van der Waals surface area contributed by atoms with Crippen LogP contribution in [0.3, 0.4) is 0 Å². The second-order valence-electron chi connectivity index (χ2n) is 3.79. The van der Waals surface area contributed by atoms with Crippen molar-refractivity contribution in [1.29, 1.82) is 0 Å². The van der Waals surface area contributed by atoms with Gasteiger partial charge in [0.15, 0.2) is 0 Å². The summed E-state index contributed by atoms with van der Waals surface area (Å²) >= 11 is 0. The molecule has 2 aromatic rings. The third kappa shape index (κ3) is 3.23. The van der Waals surface area contributed by atoms with Crippen LogP contribution >= 0.6 is 0 Å². The van der Waals surface area contributed by atoms with Crippen molar-refractivity contribution in [2.45, 2.75) is 12.7 Å². The summed E-state index contributed by atoms with van der Waals surface area (Å²) in [4.78, 5) is 3.93. The van der Waals surface area contributed by atoms with Gasteiger partial charge in [-0.3, -0.25) is 4.98 Å². The molecule has 0 aliphatic rings. The number of rotatable bonds is 3. The van der Waals surface area contributed by atoms with Gasteiger partial charge in [0.1, 0.15) is 0 Å². The van der Waals surface area contributed by atoms with Gasteiger partial charge in [-0.05, 0) is 29.8 Å². The van der Waals surface area contributed by atoms with E-state index in [0.29, 0.717) is 6.54 Å². The number of nitrogens with zero attached hydrogens (tertiary/aromatic N) is 1. The maximum absolute atomic E-state index is 12.3. The van der Waals surface area contributed by atoms with Crippen LogP contribution in [0.5, 0.6) is 0 Å². The predicted molar refractivity (Wildman–Crippen MR) is 63.0 cm³/mol. The molecule has 0 unspecified atom stereocenters. The summed E-state index contributed by atoms with van der Waals surface area (Å²) in [5.74, 6) is 0. The molecule has 0 bridgehead atoms. The molecular formula is C13H11F3N2. The van der Waals surface area contributed by atoms with Crippen LogP contribution in [-0.2, 0) is 12.7 Å². The highest BCUT2D eigenvalue weighted by atomic mass is 19.4. The van der Waals surface area contributed by atoms with Gasteiger partial charge >= 0.3 is 6.18 Å². The van der Waals surface area contributed by atoms with Crippen LogP contribution in [0.25, 0.3) is 0 Å². The summed E-state index contributed by atoms with van der Waals surface area (Å²) in [5.41, 5.74) is 0.983. The van der Waals surface area contributed by atoms with Gasteiger partial charge in [0.25, 0.3) is 0 Å². The molecule has 0 saturated carbocycles. The van der Waals surface area contributed by atoms with Crippen molar-refractivity contribution in [2.75, 3.05) is 5.32 Å². The molecule has 1 heterocycles. The average Bonchev–Trinajstić information content (AvgIpc) is 2.37. The van der Waals surface area contributed by atoms with Gasteiger partial charge in [-0.15, -0.1) is 0 Å². The Morgan fingerprint density at radius 1 is 1.06 bits per heavy atom. The van der Waals surface area contributed by atoms with Gasteiger partial charge in [0, 0.05) is 18.9 Å². The Kier molecular flexibility index (Phi) is 3.50. The van der Waals surface area contributed by atoms with Crippen LogP contribution in [0.4, 0.5) is 18.9 Å². The highest BCUT2D eigenvalue weighted by Crippen LogP contribution is 2.29. The number of nitrogens with one attached hydrogen (secondary N) is 1. The molecule has 1 aromatic heterocycles. The van der Waals surface area contributed by atoms with Crippen molar-refractivity contribution in [3.63, 3.8) is 0 Å². The van der Waals surface area contributed by atoms with Gasteiger partial charge in [0.2, 0.25) is 0 Å². The van der Waals surface area contributed by atoms with Gasteiger partial charge in [-0.25, -0.2) is 0 Å². The zero-order chi connectivity index (χ0) is 13.0.